The van der Waals surface area contributed by atoms with Crippen molar-refractivity contribution in [1.82, 2.24) is 0 Å². The summed E-state index contributed by atoms with van der Waals surface area (Å²) in [5, 5.41) is 12.8. The van der Waals surface area contributed by atoms with Gasteiger partial charge < -0.3 is 24.8 Å². The summed E-state index contributed by atoms with van der Waals surface area (Å²) in [5.41, 5.74) is 14.1. The van der Waals surface area contributed by atoms with Crippen LogP contribution < -0.4 is 30.0 Å². The Bertz CT molecular complexity index is 2650. The topological polar surface area (TPSA) is 0 Å². The maximum absolute atomic E-state index is 2.35. The largest absolute Gasteiger partial charge is 1.00 e. The molecule has 9 aromatic carbocycles. The molecule has 55 heavy (non-hydrogen) atoms. The average Bonchev–Trinajstić information content (AvgIpc) is 3.98. The molecule has 9 aromatic rings. The van der Waals surface area contributed by atoms with E-state index in [1.165, 1.54) is 124 Å². The van der Waals surface area contributed by atoms with E-state index in [1.807, 2.05) is 0 Å². The van der Waals surface area contributed by atoms with Gasteiger partial charge in [0.15, 0.2) is 0 Å². The van der Waals surface area contributed by atoms with E-state index in [0.717, 1.165) is 0 Å². The van der Waals surface area contributed by atoms with Crippen molar-refractivity contribution < 1.29 is 48.1 Å². The van der Waals surface area contributed by atoms with E-state index >= 15 is 0 Å². The Morgan fingerprint density at radius 3 is 1.25 bits per heavy atom. The Balaban J connectivity index is 0.000000135. The van der Waals surface area contributed by atoms with Gasteiger partial charge in [-0.1, -0.05) is 97.8 Å². The number of fused-ring (bicyclic) bond motifs is 2. The van der Waals surface area contributed by atoms with E-state index in [9.17, 15) is 0 Å². The zero-order chi connectivity index (χ0) is 36.1. The minimum Gasteiger partial charge on any atom is -1.00 e. The van der Waals surface area contributed by atoms with Crippen LogP contribution in [0.5, 0.6) is 0 Å². The van der Waals surface area contributed by atoms with Crippen LogP contribution in [0.15, 0.2) is 152 Å². The molecule has 0 spiro atoms. The first-order valence-corrected chi connectivity index (χ1v) is 24.6. The normalized spacial score (nSPS) is 12.2. The second-order valence-corrected chi connectivity index (χ2v) is 22.3. The number of benzene rings is 7. The van der Waals surface area contributed by atoms with Gasteiger partial charge in [0.2, 0.25) is 0 Å². The minimum atomic E-state index is -0.122. The van der Waals surface area contributed by atoms with Crippen LogP contribution in [0.25, 0.3) is 65.3 Å². The first-order valence-electron chi connectivity index (χ1n) is 18.9. The van der Waals surface area contributed by atoms with Gasteiger partial charge in [0.25, 0.3) is 0 Å². The fourth-order valence-corrected chi connectivity index (χ4v) is 10.8. The number of aryl methyl sites for hydroxylation is 6. The summed E-state index contributed by atoms with van der Waals surface area (Å²) in [6.45, 7) is 6.70. The second-order valence-electron chi connectivity index (χ2n) is 14.9. The van der Waals surface area contributed by atoms with Crippen molar-refractivity contribution in [2.45, 2.75) is 46.1 Å². The van der Waals surface area contributed by atoms with Crippen LogP contribution >= 0.6 is 0 Å². The molecule has 2 aliphatic carbocycles. The molecule has 4 heteroatoms. The van der Waals surface area contributed by atoms with Crippen molar-refractivity contribution in [1.29, 1.82) is 0 Å². The first-order chi connectivity index (χ1) is 25.9. The third-order valence-corrected chi connectivity index (χ3v) is 14.7. The maximum Gasteiger partial charge on any atom is -0.0108 e. The first kappa shape index (κ1) is 39.2. The minimum absolute atomic E-state index is 0. The maximum atomic E-state index is 2.35. The third-order valence-electron chi connectivity index (χ3n) is 11.3. The van der Waals surface area contributed by atoms with Gasteiger partial charge in [-0.15, -0.1) is 69.1 Å². The molecule has 11 rings (SSSR count). The van der Waals surface area contributed by atoms with Crippen LogP contribution in [0.3, 0.4) is 0 Å². The van der Waals surface area contributed by atoms with E-state index in [4.69, 9.17) is 0 Å². The Labute approximate surface area is 352 Å². The third kappa shape index (κ3) is 7.48. The van der Waals surface area contributed by atoms with Gasteiger partial charge in [0.1, 0.15) is 0 Å². The van der Waals surface area contributed by atoms with E-state index in [0.29, 0.717) is 0 Å². The van der Waals surface area contributed by atoms with E-state index < -0.39 is 0 Å². The summed E-state index contributed by atoms with van der Waals surface area (Å²) in [6, 6.07) is 56.2. The Hall–Kier alpha value is -4.04. The van der Waals surface area contributed by atoms with Gasteiger partial charge in [-0.3, -0.25) is 0 Å². The molecule has 270 valence electrons. The molecule has 0 heterocycles. The van der Waals surface area contributed by atoms with Gasteiger partial charge in [-0.2, -0.15) is 12.1 Å². The standard InChI is InChI=1S/2C22H17.C7H8Si.2ClH.Zr/c2*1-14-12-17-5-3-6-18(21(17)13-14)19-11-10-16-9-8-15-4-2-7-20(19)22(15)16;1-8-7-5-3-2-4-6-7;;;/h2*2-7,10-13H,8-9H2,1H3;2-6H,1H3;2*1H;/q2*-1;;;;+2/p-2. The molecule has 0 aliphatic heterocycles. The van der Waals surface area contributed by atoms with Crippen molar-refractivity contribution in [3.63, 3.8) is 0 Å². The van der Waals surface area contributed by atoms with Crippen LogP contribution in [-0.4, -0.2) is 5.43 Å². The van der Waals surface area contributed by atoms with Crippen LogP contribution in [0.1, 0.15) is 33.4 Å². The zero-order valence-electron chi connectivity index (χ0n) is 31.5. The molecule has 0 bridgehead atoms. The van der Waals surface area contributed by atoms with Crippen LogP contribution in [0, 0.1) is 13.8 Å². The molecule has 0 N–H and O–H groups in total. The molecule has 0 saturated carbocycles. The predicted molar refractivity (Wildman–Crippen MR) is 227 cm³/mol. The van der Waals surface area contributed by atoms with Crippen molar-refractivity contribution >= 4 is 53.7 Å². The zero-order valence-corrected chi connectivity index (χ0v) is 36.5. The second kappa shape index (κ2) is 16.6. The van der Waals surface area contributed by atoms with Crippen molar-refractivity contribution in [3.05, 3.63) is 185 Å². The van der Waals surface area contributed by atoms with E-state index in [1.54, 1.807) is 28.5 Å². The fourth-order valence-electron chi connectivity index (χ4n) is 8.89. The molecular formula is C51H42Cl2SiZr-2. The van der Waals surface area contributed by atoms with Gasteiger partial charge in [-0.25, -0.2) is 0 Å². The van der Waals surface area contributed by atoms with Crippen LogP contribution in [0.2, 0.25) is 6.55 Å². The van der Waals surface area contributed by atoms with Crippen LogP contribution in [0.4, 0.5) is 0 Å². The quantitative estimate of drug-likeness (QED) is 0.138. The Kier molecular flexibility index (Phi) is 11.8. The van der Waals surface area contributed by atoms with Crippen LogP contribution in [-0.2, 0) is 49.0 Å². The molecule has 0 radical (unpaired) electrons. The van der Waals surface area contributed by atoms with Crippen molar-refractivity contribution in [2.75, 3.05) is 0 Å². The number of hydrogen-bond acceptors (Lipinski definition) is 0. The molecule has 0 nitrogen and oxygen atoms in total. The summed E-state index contributed by atoms with van der Waals surface area (Å²) in [5.74, 6) is 0. The van der Waals surface area contributed by atoms with E-state index in [-0.39, 0.29) is 30.2 Å². The van der Waals surface area contributed by atoms with Gasteiger partial charge >= 0.3 is 70.8 Å². The van der Waals surface area contributed by atoms with E-state index in [2.05, 4.69) is 172 Å². The van der Waals surface area contributed by atoms with Crippen molar-refractivity contribution in [2.24, 2.45) is 0 Å². The Morgan fingerprint density at radius 2 is 0.836 bits per heavy atom. The monoisotopic (exact) mass is 842 g/mol. The molecule has 0 aromatic heterocycles. The average molecular weight is 845 g/mol. The van der Waals surface area contributed by atoms with Gasteiger partial charge in [-0.05, 0) is 80.6 Å². The smallest absolute Gasteiger partial charge is 0.0108 e. The molecule has 0 amide bonds. The molecule has 0 fully saturated rings. The molecule has 0 unspecified atom stereocenters. The summed E-state index contributed by atoms with van der Waals surface area (Å²) in [6.07, 6.45) is 4.76. The number of rotatable bonds is 3. The summed E-state index contributed by atoms with van der Waals surface area (Å²) < 4.78 is 0. The van der Waals surface area contributed by atoms with Crippen molar-refractivity contribution in [3.8, 4) is 22.3 Å². The molecular weight excluding hydrogens is 803 g/mol. The predicted octanol–water partition coefficient (Wildman–Crippen LogP) is 6.64. The molecule has 0 saturated heterocycles. The fraction of sp³-hybridized carbons (Fsp3) is 0.137. The summed E-state index contributed by atoms with van der Waals surface area (Å²) >= 11 is 1.69. The SMILES string of the molecule is C[Si](=[Zr+2])c1ccccc1.Cc1cc2c(-c3ccc4c5c(cccc35)CC4)cccc2[cH-]1.Cc1cc2c(-c3ccc4c5c(cccc35)CC4)cccc2[cH-]1.[Cl-].[Cl-]. The molecule has 0 atom stereocenters. The number of halogens is 2. The molecule has 2 aliphatic rings. The van der Waals surface area contributed by atoms with Gasteiger partial charge in [0, 0.05) is 0 Å². The van der Waals surface area contributed by atoms with Gasteiger partial charge in [0.05, 0.1) is 0 Å². The number of hydrogen-bond donors (Lipinski definition) is 0. The Morgan fingerprint density at radius 1 is 0.436 bits per heavy atom. The summed E-state index contributed by atoms with van der Waals surface area (Å²) in [4.78, 5) is 0. The summed E-state index contributed by atoms with van der Waals surface area (Å²) in [7, 11) is 0.